The van der Waals surface area contributed by atoms with E-state index in [0.29, 0.717) is 24.9 Å². The third-order valence-corrected chi connectivity index (χ3v) is 6.03. The van der Waals surface area contributed by atoms with E-state index in [1.807, 2.05) is 23.6 Å². The molecule has 0 saturated carbocycles. The Hall–Kier alpha value is -2.51. The van der Waals surface area contributed by atoms with Crippen LogP contribution in [0.1, 0.15) is 49.2 Å². The van der Waals surface area contributed by atoms with Crippen LogP contribution in [0.4, 0.5) is 0 Å². The standard InChI is InChI=1S/C22H26N4O2S/c1-2-12-26(15-21-24-25-22(28-21)19-11-6-13-29-19)14-20(27)23-18-10-5-8-16-7-3-4-9-17(16)18/h3-4,6-7,9,11,13,18H,2,5,8,10,12,14-15H2,1H3,(H,23,27)/t18-/m1/s1. The Kier molecular flexibility index (Phi) is 6.36. The predicted octanol–water partition coefficient (Wildman–Crippen LogP) is 4.20. The Morgan fingerprint density at radius 1 is 1.28 bits per heavy atom. The topological polar surface area (TPSA) is 71.3 Å². The molecular weight excluding hydrogens is 384 g/mol. The van der Waals surface area contributed by atoms with Gasteiger partial charge in [0.2, 0.25) is 11.8 Å². The highest BCUT2D eigenvalue weighted by Gasteiger charge is 2.23. The smallest absolute Gasteiger partial charge is 0.257 e. The van der Waals surface area contributed by atoms with Gasteiger partial charge in [-0.15, -0.1) is 21.5 Å². The quantitative estimate of drug-likeness (QED) is 0.602. The largest absolute Gasteiger partial charge is 0.419 e. The first-order valence-electron chi connectivity index (χ1n) is 10.2. The summed E-state index contributed by atoms with van der Waals surface area (Å²) in [6, 6.07) is 12.4. The third-order valence-electron chi connectivity index (χ3n) is 5.17. The number of carbonyl (C=O) groups is 1. The minimum absolute atomic E-state index is 0.0400. The van der Waals surface area contributed by atoms with Crippen LogP contribution in [0.15, 0.2) is 46.2 Å². The van der Waals surface area contributed by atoms with E-state index in [-0.39, 0.29) is 11.9 Å². The monoisotopic (exact) mass is 410 g/mol. The number of aryl methyl sites for hydroxylation is 1. The Morgan fingerprint density at radius 2 is 2.17 bits per heavy atom. The number of rotatable bonds is 8. The first kappa shape index (κ1) is 19.8. The van der Waals surface area contributed by atoms with Crippen LogP contribution in [0.2, 0.25) is 0 Å². The maximum absolute atomic E-state index is 12.8. The Morgan fingerprint density at radius 3 is 3.00 bits per heavy atom. The second-order valence-corrected chi connectivity index (χ2v) is 8.35. The van der Waals surface area contributed by atoms with Gasteiger partial charge >= 0.3 is 0 Å². The van der Waals surface area contributed by atoms with Crippen LogP contribution < -0.4 is 5.32 Å². The molecule has 2 heterocycles. The number of thiophene rings is 1. The lowest BCUT2D eigenvalue weighted by molar-refractivity contribution is -0.123. The predicted molar refractivity (Wildman–Crippen MR) is 113 cm³/mol. The van der Waals surface area contributed by atoms with Crippen molar-refractivity contribution >= 4 is 17.2 Å². The number of hydrogen-bond donors (Lipinski definition) is 1. The first-order chi connectivity index (χ1) is 14.2. The van der Waals surface area contributed by atoms with Gasteiger partial charge in [0.15, 0.2) is 0 Å². The van der Waals surface area contributed by atoms with Gasteiger partial charge in [0.05, 0.1) is 24.0 Å². The van der Waals surface area contributed by atoms with E-state index in [1.165, 1.54) is 11.1 Å². The Labute approximate surface area is 175 Å². The van der Waals surface area contributed by atoms with Crippen LogP contribution in [-0.4, -0.2) is 34.1 Å². The number of fused-ring (bicyclic) bond motifs is 1. The van der Waals surface area contributed by atoms with E-state index in [4.69, 9.17) is 4.42 Å². The van der Waals surface area contributed by atoms with Gasteiger partial charge in [0.1, 0.15) is 0 Å². The maximum Gasteiger partial charge on any atom is 0.257 e. The number of nitrogens with zero attached hydrogens (tertiary/aromatic N) is 3. The van der Waals surface area contributed by atoms with Crippen molar-refractivity contribution in [3.63, 3.8) is 0 Å². The first-order valence-corrected chi connectivity index (χ1v) is 11.1. The van der Waals surface area contributed by atoms with Gasteiger partial charge in [-0.05, 0) is 54.8 Å². The highest BCUT2D eigenvalue weighted by atomic mass is 32.1. The van der Waals surface area contributed by atoms with Crippen molar-refractivity contribution in [2.75, 3.05) is 13.1 Å². The summed E-state index contributed by atoms with van der Waals surface area (Å²) in [7, 11) is 0. The van der Waals surface area contributed by atoms with E-state index in [2.05, 4.69) is 45.5 Å². The SMILES string of the molecule is CCCN(CC(=O)N[C@@H]1CCCc2ccccc21)Cc1nnc(-c2cccs2)o1. The van der Waals surface area contributed by atoms with Crippen molar-refractivity contribution in [2.45, 2.75) is 45.2 Å². The van der Waals surface area contributed by atoms with Crippen molar-refractivity contribution in [3.8, 4) is 10.8 Å². The summed E-state index contributed by atoms with van der Waals surface area (Å²) in [6.45, 7) is 3.70. The lowest BCUT2D eigenvalue weighted by Gasteiger charge is -2.27. The van der Waals surface area contributed by atoms with Crippen LogP contribution in [-0.2, 0) is 17.8 Å². The molecule has 7 heteroatoms. The normalized spacial score (nSPS) is 16.0. The number of aromatic nitrogens is 2. The van der Waals surface area contributed by atoms with Crippen LogP contribution in [0.25, 0.3) is 10.8 Å². The summed E-state index contributed by atoms with van der Waals surface area (Å²) >= 11 is 1.57. The van der Waals surface area contributed by atoms with Gasteiger partial charge in [-0.1, -0.05) is 37.3 Å². The molecule has 152 valence electrons. The molecule has 0 fully saturated rings. The van der Waals surface area contributed by atoms with Gasteiger partial charge in [0.25, 0.3) is 5.89 Å². The number of amides is 1. The third kappa shape index (κ3) is 4.92. The zero-order chi connectivity index (χ0) is 20.1. The van der Waals surface area contributed by atoms with Crippen molar-refractivity contribution < 1.29 is 9.21 Å². The summed E-state index contributed by atoms with van der Waals surface area (Å²) in [4.78, 5) is 15.8. The molecular formula is C22H26N4O2S. The van der Waals surface area contributed by atoms with Gasteiger partial charge in [-0.25, -0.2) is 0 Å². The summed E-state index contributed by atoms with van der Waals surface area (Å²) in [6.07, 6.45) is 4.14. The van der Waals surface area contributed by atoms with Crippen LogP contribution >= 0.6 is 11.3 Å². The molecule has 1 N–H and O–H groups in total. The van der Waals surface area contributed by atoms with E-state index < -0.39 is 0 Å². The van der Waals surface area contributed by atoms with E-state index in [9.17, 15) is 4.79 Å². The molecule has 1 aliphatic rings. The van der Waals surface area contributed by atoms with E-state index >= 15 is 0 Å². The molecule has 0 radical (unpaired) electrons. The molecule has 0 unspecified atom stereocenters. The molecule has 1 aromatic carbocycles. The second kappa shape index (κ2) is 9.33. The molecule has 1 amide bonds. The molecule has 6 nitrogen and oxygen atoms in total. The van der Waals surface area contributed by atoms with E-state index in [0.717, 1.165) is 37.1 Å². The van der Waals surface area contributed by atoms with Gasteiger partial charge in [0, 0.05) is 0 Å². The molecule has 1 aliphatic carbocycles. The fraction of sp³-hybridized carbons (Fsp3) is 0.409. The van der Waals surface area contributed by atoms with Crippen LogP contribution in [0, 0.1) is 0 Å². The fourth-order valence-electron chi connectivity index (χ4n) is 3.89. The number of carbonyl (C=O) groups excluding carboxylic acids is 1. The lowest BCUT2D eigenvalue weighted by Crippen LogP contribution is -2.39. The number of nitrogens with one attached hydrogen (secondary N) is 1. The number of hydrogen-bond acceptors (Lipinski definition) is 6. The summed E-state index contributed by atoms with van der Waals surface area (Å²) in [5.41, 5.74) is 2.60. The van der Waals surface area contributed by atoms with Crippen LogP contribution in [0.3, 0.4) is 0 Å². The zero-order valence-electron chi connectivity index (χ0n) is 16.6. The second-order valence-electron chi connectivity index (χ2n) is 7.40. The minimum Gasteiger partial charge on any atom is -0.419 e. The van der Waals surface area contributed by atoms with Gasteiger partial charge < -0.3 is 9.73 Å². The molecule has 4 rings (SSSR count). The van der Waals surface area contributed by atoms with Crippen molar-refractivity contribution in [1.29, 1.82) is 0 Å². The highest BCUT2D eigenvalue weighted by molar-refractivity contribution is 7.13. The van der Waals surface area contributed by atoms with E-state index in [1.54, 1.807) is 11.3 Å². The molecule has 1 atom stereocenters. The van der Waals surface area contributed by atoms with Crippen LogP contribution in [0.5, 0.6) is 0 Å². The van der Waals surface area contributed by atoms with Crippen molar-refractivity contribution in [2.24, 2.45) is 0 Å². The summed E-state index contributed by atoms with van der Waals surface area (Å²) in [5.74, 6) is 1.12. The molecule has 3 aromatic rings. The Bertz CT molecular complexity index is 938. The zero-order valence-corrected chi connectivity index (χ0v) is 17.5. The van der Waals surface area contributed by atoms with Gasteiger partial charge in [-0.3, -0.25) is 9.69 Å². The molecule has 0 saturated heterocycles. The Balaban J connectivity index is 1.38. The molecule has 29 heavy (non-hydrogen) atoms. The van der Waals surface area contributed by atoms with Gasteiger partial charge in [-0.2, -0.15) is 0 Å². The molecule has 0 bridgehead atoms. The fourth-order valence-corrected chi connectivity index (χ4v) is 4.53. The summed E-state index contributed by atoms with van der Waals surface area (Å²) < 4.78 is 5.80. The number of benzene rings is 1. The minimum atomic E-state index is 0.0400. The highest BCUT2D eigenvalue weighted by Crippen LogP contribution is 2.29. The molecule has 2 aromatic heterocycles. The molecule has 0 aliphatic heterocycles. The van der Waals surface area contributed by atoms with Crippen molar-refractivity contribution in [3.05, 3.63) is 58.8 Å². The average molecular weight is 411 g/mol. The average Bonchev–Trinajstić information content (AvgIpc) is 3.40. The van der Waals surface area contributed by atoms with Crippen molar-refractivity contribution in [1.82, 2.24) is 20.4 Å². The molecule has 0 spiro atoms. The summed E-state index contributed by atoms with van der Waals surface area (Å²) in [5, 5.41) is 13.5. The lowest BCUT2D eigenvalue weighted by atomic mass is 9.88. The maximum atomic E-state index is 12.8.